The molecule has 0 radical (unpaired) electrons. The van der Waals surface area contributed by atoms with Crippen molar-refractivity contribution >= 4 is 11.8 Å². The molecule has 3 heterocycles. The third-order valence-corrected chi connectivity index (χ3v) is 4.90. The summed E-state index contributed by atoms with van der Waals surface area (Å²) in [6.07, 6.45) is 8.28. The van der Waals surface area contributed by atoms with E-state index in [1.165, 1.54) is 4.57 Å². The van der Waals surface area contributed by atoms with Crippen molar-refractivity contribution in [2.75, 3.05) is 31.1 Å². The predicted octanol–water partition coefficient (Wildman–Crippen LogP) is 0.617. The van der Waals surface area contributed by atoms with Crippen LogP contribution >= 0.6 is 0 Å². The number of carbonyl (C=O) groups is 1. The number of aromatic nitrogens is 2. The van der Waals surface area contributed by atoms with E-state index < -0.39 is 0 Å². The summed E-state index contributed by atoms with van der Waals surface area (Å²) in [4.78, 5) is 30.3. The van der Waals surface area contributed by atoms with Gasteiger partial charge in [0.25, 0.3) is 5.56 Å². The molecule has 0 spiro atoms. The van der Waals surface area contributed by atoms with E-state index in [2.05, 4.69) is 15.6 Å². The molecule has 0 saturated carbocycles. The van der Waals surface area contributed by atoms with Gasteiger partial charge in [-0.3, -0.25) is 4.79 Å². The standard InChI is InChI=1S/C17H27N5O3/c1-21-11-8-18-15(16(21)23)22-9-5-13(6-10-22)20-17(24)19-7-4-14-3-2-12-25-14/h8,11,13-14H,2-7,9-10,12H2,1H3,(H2,19,20,24)/t14-/m1/s1. The zero-order chi connectivity index (χ0) is 17.6. The van der Waals surface area contributed by atoms with Crippen molar-refractivity contribution in [2.45, 2.75) is 44.2 Å². The van der Waals surface area contributed by atoms with Crippen molar-refractivity contribution in [3.05, 3.63) is 22.7 Å². The maximum atomic E-state index is 12.1. The van der Waals surface area contributed by atoms with Gasteiger partial charge in [0.05, 0.1) is 6.10 Å². The van der Waals surface area contributed by atoms with Crippen molar-refractivity contribution in [3.8, 4) is 0 Å². The van der Waals surface area contributed by atoms with Gasteiger partial charge in [-0.1, -0.05) is 0 Å². The highest BCUT2D eigenvalue weighted by molar-refractivity contribution is 5.74. The number of hydrogen-bond donors (Lipinski definition) is 2. The highest BCUT2D eigenvalue weighted by atomic mass is 16.5. The van der Waals surface area contributed by atoms with Crippen LogP contribution in [0.25, 0.3) is 0 Å². The number of anilines is 1. The van der Waals surface area contributed by atoms with E-state index in [1.54, 1.807) is 19.4 Å². The smallest absolute Gasteiger partial charge is 0.315 e. The summed E-state index contributed by atoms with van der Waals surface area (Å²) in [5.41, 5.74) is -0.0826. The fourth-order valence-electron chi connectivity index (χ4n) is 3.39. The maximum Gasteiger partial charge on any atom is 0.315 e. The van der Waals surface area contributed by atoms with E-state index in [9.17, 15) is 9.59 Å². The average molecular weight is 349 g/mol. The molecule has 1 atom stereocenters. The molecule has 8 heteroatoms. The molecule has 2 saturated heterocycles. The first-order chi connectivity index (χ1) is 12.1. The van der Waals surface area contributed by atoms with Gasteiger partial charge in [0.15, 0.2) is 5.82 Å². The summed E-state index contributed by atoms with van der Waals surface area (Å²) in [6.45, 7) is 2.91. The second-order valence-electron chi connectivity index (χ2n) is 6.75. The fraction of sp³-hybridized carbons (Fsp3) is 0.706. The molecule has 0 aromatic carbocycles. The minimum atomic E-state index is -0.120. The number of nitrogens with zero attached hydrogens (tertiary/aromatic N) is 3. The zero-order valence-electron chi connectivity index (χ0n) is 14.7. The van der Waals surface area contributed by atoms with E-state index in [-0.39, 0.29) is 17.6 Å². The van der Waals surface area contributed by atoms with Crippen LogP contribution in [0.4, 0.5) is 10.6 Å². The molecule has 0 aliphatic carbocycles. The Labute approximate surface area is 147 Å². The quantitative estimate of drug-likeness (QED) is 0.813. The lowest BCUT2D eigenvalue weighted by Gasteiger charge is -2.32. The number of aryl methyl sites for hydroxylation is 1. The van der Waals surface area contributed by atoms with E-state index in [0.29, 0.717) is 31.6 Å². The fourth-order valence-corrected chi connectivity index (χ4v) is 3.39. The molecule has 2 amide bonds. The molecule has 3 rings (SSSR count). The molecule has 2 aliphatic rings. The number of urea groups is 1. The summed E-state index contributed by atoms with van der Waals surface area (Å²) < 4.78 is 7.08. The number of piperidine rings is 1. The van der Waals surface area contributed by atoms with Gasteiger partial charge in [0.1, 0.15) is 0 Å². The molecular weight excluding hydrogens is 322 g/mol. The maximum absolute atomic E-state index is 12.1. The molecule has 1 aromatic heterocycles. The number of hydrogen-bond acceptors (Lipinski definition) is 5. The van der Waals surface area contributed by atoms with Crippen LogP contribution in [0.15, 0.2) is 17.2 Å². The van der Waals surface area contributed by atoms with Gasteiger partial charge in [-0.2, -0.15) is 0 Å². The summed E-state index contributed by atoms with van der Waals surface area (Å²) in [7, 11) is 1.72. The predicted molar refractivity (Wildman–Crippen MR) is 94.8 cm³/mol. The van der Waals surface area contributed by atoms with Crippen LogP contribution in [0.2, 0.25) is 0 Å². The van der Waals surface area contributed by atoms with Gasteiger partial charge in [-0.25, -0.2) is 9.78 Å². The molecule has 8 nitrogen and oxygen atoms in total. The molecule has 2 N–H and O–H groups in total. The van der Waals surface area contributed by atoms with Crippen LogP contribution in [0.3, 0.4) is 0 Å². The molecule has 25 heavy (non-hydrogen) atoms. The zero-order valence-corrected chi connectivity index (χ0v) is 14.7. The third-order valence-electron chi connectivity index (χ3n) is 4.90. The third kappa shape index (κ3) is 4.72. The normalized spacial score (nSPS) is 21.3. The Morgan fingerprint density at radius 2 is 2.16 bits per heavy atom. The Bertz CT molecular complexity index is 633. The number of ether oxygens (including phenoxy) is 1. The van der Waals surface area contributed by atoms with Crippen LogP contribution < -0.4 is 21.1 Å². The number of rotatable bonds is 5. The minimum absolute atomic E-state index is 0.0826. The van der Waals surface area contributed by atoms with Crippen molar-refractivity contribution in [1.82, 2.24) is 20.2 Å². The Hall–Kier alpha value is -2.09. The van der Waals surface area contributed by atoms with Crippen LogP contribution in [-0.2, 0) is 11.8 Å². The minimum Gasteiger partial charge on any atom is -0.378 e. The summed E-state index contributed by atoms with van der Waals surface area (Å²) in [5, 5.41) is 5.93. The lowest BCUT2D eigenvalue weighted by Crippen LogP contribution is -2.49. The molecule has 0 bridgehead atoms. The number of carbonyl (C=O) groups excluding carboxylic acids is 1. The highest BCUT2D eigenvalue weighted by Gasteiger charge is 2.23. The van der Waals surface area contributed by atoms with Gasteiger partial charge in [0.2, 0.25) is 0 Å². The summed E-state index contributed by atoms with van der Waals surface area (Å²) >= 11 is 0. The van der Waals surface area contributed by atoms with Crippen LogP contribution in [0.5, 0.6) is 0 Å². The van der Waals surface area contributed by atoms with Crippen LogP contribution in [-0.4, -0.2) is 54.0 Å². The monoisotopic (exact) mass is 349 g/mol. The van der Waals surface area contributed by atoms with E-state index in [4.69, 9.17) is 4.74 Å². The summed E-state index contributed by atoms with van der Waals surface area (Å²) in [5.74, 6) is 0.490. The Morgan fingerprint density at radius 1 is 1.36 bits per heavy atom. The second kappa shape index (κ2) is 8.33. The largest absolute Gasteiger partial charge is 0.378 e. The molecular formula is C17H27N5O3. The molecule has 138 valence electrons. The number of nitrogens with one attached hydrogen (secondary N) is 2. The van der Waals surface area contributed by atoms with Gasteiger partial charge < -0.3 is 24.8 Å². The Kier molecular flexibility index (Phi) is 5.91. The van der Waals surface area contributed by atoms with Gasteiger partial charge in [0, 0.05) is 51.7 Å². The molecule has 0 unspecified atom stereocenters. The number of amides is 2. The van der Waals surface area contributed by atoms with Crippen molar-refractivity contribution in [1.29, 1.82) is 0 Å². The van der Waals surface area contributed by atoms with E-state index >= 15 is 0 Å². The van der Waals surface area contributed by atoms with Crippen molar-refractivity contribution < 1.29 is 9.53 Å². The van der Waals surface area contributed by atoms with Gasteiger partial charge in [-0.15, -0.1) is 0 Å². The van der Waals surface area contributed by atoms with Gasteiger partial charge >= 0.3 is 6.03 Å². The molecule has 2 fully saturated rings. The van der Waals surface area contributed by atoms with Gasteiger partial charge in [-0.05, 0) is 32.1 Å². The van der Waals surface area contributed by atoms with Crippen LogP contribution in [0.1, 0.15) is 32.1 Å². The topological polar surface area (TPSA) is 88.5 Å². The van der Waals surface area contributed by atoms with E-state index in [1.807, 2.05) is 4.90 Å². The Morgan fingerprint density at radius 3 is 2.88 bits per heavy atom. The SMILES string of the molecule is Cn1ccnc(N2CCC(NC(=O)NCC[C@H]3CCCO3)CC2)c1=O. The first kappa shape index (κ1) is 17.7. The van der Waals surface area contributed by atoms with Crippen LogP contribution in [0, 0.1) is 0 Å². The first-order valence-corrected chi connectivity index (χ1v) is 9.06. The molecule has 2 aliphatic heterocycles. The second-order valence-corrected chi connectivity index (χ2v) is 6.75. The lowest BCUT2D eigenvalue weighted by molar-refractivity contribution is 0.104. The molecule has 1 aromatic rings. The first-order valence-electron chi connectivity index (χ1n) is 9.06. The Balaban J connectivity index is 1.39. The lowest BCUT2D eigenvalue weighted by atomic mass is 10.1. The summed E-state index contributed by atoms with van der Waals surface area (Å²) in [6, 6.07) is 0.0109. The van der Waals surface area contributed by atoms with Crippen molar-refractivity contribution in [2.24, 2.45) is 7.05 Å². The van der Waals surface area contributed by atoms with Crippen molar-refractivity contribution in [3.63, 3.8) is 0 Å². The highest BCUT2D eigenvalue weighted by Crippen LogP contribution is 2.15. The average Bonchev–Trinajstić information content (AvgIpc) is 3.12. The van der Waals surface area contributed by atoms with E-state index in [0.717, 1.165) is 38.7 Å².